The Bertz CT molecular complexity index is 402. The van der Waals surface area contributed by atoms with E-state index in [0.29, 0.717) is 5.69 Å². The molecule has 1 fully saturated rings. The molecule has 5 heteroatoms. The van der Waals surface area contributed by atoms with Gasteiger partial charge >= 0.3 is 0 Å². The van der Waals surface area contributed by atoms with Gasteiger partial charge in [0.25, 0.3) is 5.91 Å². The predicted molar refractivity (Wildman–Crippen MR) is 62.7 cm³/mol. The van der Waals surface area contributed by atoms with Crippen molar-refractivity contribution in [3.05, 3.63) is 24.0 Å². The van der Waals surface area contributed by atoms with Crippen LogP contribution in [0.4, 0.5) is 0 Å². The van der Waals surface area contributed by atoms with E-state index in [9.17, 15) is 9.90 Å². The second-order valence-corrected chi connectivity index (χ2v) is 4.43. The first-order valence-electron chi connectivity index (χ1n) is 5.76. The zero-order valence-electron chi connectivity index (χ0n) is 10.1. The van der Waals surface area contributed by atoms with Crippen molar-refractivity contribution >= 4 is 5.91 Å². The van der Waals surface area contributed by atoms with Gasteiger partial charge in [-0.2, -0.15) is 0 Å². The van der Waals surface area contributed by atoms with Gasteiger partial charge in [0.1, 0.15) is 11.8 Å². The Labute approximate surface area is 100 Å². The summed E-state index contributed by atoms with van der Waals surface area (Å²) in [6, 6.07) is 3.35. The van der Waals surface area contributed by atoms with Crippen LogP contribution in [0.1, 0.15) is 23.3 Å². The third-order valence-electron chi connectivity index (χ3n) is 3.35. The SMILES string of the molecule is CO[C@@H]1CC[C@@H](NC(=O)c2cccn2C)[C@H]1O. The fourth-order valence-corrected chi connectivity index (χ4v) is 2.30. The quantitative estimate of drug-likeness (QED) is 0.795. The smallest absolute Gasteiger partial charge is 0.268 e. The summed E-state index contributed by atoms with van der Waals surface area (Å²) in [5.74, 6) is -0.154. The predicted octanol–water partition coefficient (Wildman–Crippen LogP) is 0.293. The first kappa shape index (κ1) is 12.1. The van der Waals surface area contributed by atoms with Gasteiger partial charge in [-0.05, 0) is 25.0 Å². The van der Waals surface area contributed by atoms with Gasteiger partial charge in [-0.25, -0.2) is 0 Å². The standard InChI is InChI=1S/C12H18N2O3/c1-14-7-3-4-9(14)12(16)13-8-5-6-10(17-2)11(8)15/h3-4,7-8,10-11,15H,5-6H2,1-2H3,(H,13,16)/t8-,10-,11-/m1/s1. The normalized spacial score (nSPS) is 28.3. The first-order valence-corrected chi connectivity index (χ1v) is 5.76. The van der Waals surface area contributed by atoms with Gasteiger partial charge in [0.2, 0.25) is 0 Å². The third-order valence-corrected chi connectivity index (χ3v) is 3.35. The number of amides is 1. The number of nitrogens with one attached hydrogen (secondary N) is 1. The van der Waals surface area contributed by atoms with Gasteiger partial charge in [0.05, 0.1) is 12.1 Å². The van der Waals surface area contributed by atoms with E-state index in [1.165, 1.54) is 0 Å². The third kappa shape index (κ3) is 2.35. The summed E-state index contributed by atoms with van der Waals surface area (Å²) in [4.78, 5) is 11.9. The molecule has 1 aromatic rings. The molecule has 2 rings (SSSR count). The lowest BCUT2D eigenvalue weighted by Crippen LogP contribution is -2.43. The van der Waals surface area contributed by atoms with Crippen molar-refractivity contribution in [2.75, 3.05) is 7.11 Å². The van der Waals surface area contributed by atoms with E-state index in [1.54, 1.807) is 17.7 Å². The van der Waals surface area contributed by atoms with Crippen LogP contribution in [0.3, 0.4) is 0 Å². The number of hydrogen-bond donors (Lipinski definition) is 2. The minimum atomic E-state index is -0.621. The molecule has 0 saturated heterocycles. The molecule has 0 radical (unpaired) electrons. The highest BCUT2D eigenvalue weighted by Gasteiger charge is 2.35. The van der Waals surface area contributed by atoms with E-state index >= 15 is 0 Å². The number of carbonyl (C=O) groups excluding carboxylic acids is 1. The number of methoxy groups -OCH3 is 1. The minimum Gasteiger partial charge on any atom is -0.388 e. The van der Waals surface area contributed by atoms with Gasteiger partial charge in [-0.1, -0.05) is 0 Å². The highest BCUT2D eigenvalue weighted by atomic mass is 16.5. The number of aliphatic hydroxyl groups excluding tert-OH is 1. The van der Waals surface area contributed by atoms with E-state index in [2.05, 4.69) is 5.32 Å². The Morgan fingerprint density at radius 2 is 2.35 bits per heavy atom. The Kier molecular flexibility index (Phi) is 3.49. The van der Waals surface area contributed by atoms with Gasteiger partial charge < -0.3 is 19.7 Å². The largest absolute Gasteiger partial charge is 0.388 e. The summed E-state index contributed by atoms with van der Waals surface area (Å²) in [6.45, 7) is 0. The van der Waals surface area contributed by atoms with Gasteiger partial charge in [0.15, 0.2) is 0 Å². The fourth-order valence-electron chi connectivity index (χ4n) is 2.30. The maximum Gasteiger partial charge on any atom is 0.268 e. The molecule has 2 N–H and O–H groups in total. The Morgan fingerprint density at radius 1 is 1.59 bits per heavy atom. The monoisotopic (exact) mass is 238 g/mol. The van der Waals surface area contributed by atoms with Gasteiger partial charge in [-0.15, -0.1) is 0 Å². The topological polar surface area (TPSA) is 63.5 Å². The van der Waals surface area contributed by atoms with E-state index in [4.69, 9.17) is 4.74 Å². The summed E-state index contributed by atoms with van der Waals surface area (Å²) in [6.07, 6.45) is 2.54. The Hall–Kier alpha value is -1.33. The molecule has 1 aromatic heterocycles. The average Bonchev–Trinajstić information content (AvgIpc) is 2.87. The fraction of sp³-hybridized carbons (Fsp3) is 0.583. The maximum absolute atomic E-state index is 11.9. The number of aryl methyl sites for hydroxylation is 1. The molecular formula is C12H18N2O3. The van der Waals surface area contributed by atoms with Crippen molar-refractivity contribution in [2.24, 2.45) is 7.05 Å². The second kappa shape index (κ2) is 4.89. The molecule has 3 atom stereocenters. The molecule has 94 valence electrons. The Morgan fingerprint density at radius 3 is 2.88 bits per heavy atom. The lowest BCUT2D eigenvalue weighted by atomic mass is 10.2. The molecule has 0 unspecified atom stereocenters. The highest BCUT2D eigenvalue weighted by Crippen LogP contribution is 2.22. The van der Waals surface area contributed by atoms with Crippen molar-refractivity contribution in [3.63, 3.8) is 0 Å². The molecule has 1 heterocycles. The second-order valence-electron chi connectivity index (χ2n) is 4.43. The molecule has 1 saturated carbocycles. The highest BCUT2D eigenvalue weighted by molar-refractivity contribution is 5.92. The molecule has 0 aliphatic heterocycles. The van der Waals surface area contributed by atoms with E-state index in [-0.39, 0.29) is 18.1 Å². The molecule has 1 aliphatic carbocycles. The zero-order valence-corrected chi connectivity index (χ0v) is 10.1. The molecular weight excluding hydrogens is 220 g/mol. The van der Waals surface area contributed by atoms with Crippen LogP contribution in [-0.4, -0.2) is 40.9 Å². The Balaban J connectivity index is 1.99. The summed E-state index contributed by atoms with van der Waals surface area (Å²) in [5, 5.41) is 12.8. The van der Waals surface area contributed by atoms with Gasteiger partial charge in [0, 0.05) is 20.4 Å². The van der Waals surface area contributed by atoms with Crippen LogP contribution in [0.5, 0.6) is 0 Å². The van der Waals surface area contributed by atoms with Crippen LogP contribution in [0.2, 0.25) is 0 Å². The van der Waals surface area contributed by atoms with Crippen LogP contribution in [0.25, 0.3) is 0 Å². The number of ether oxygens (including phenoxy) is 1. The maximum atomic E-state index is 11.9. The average molecular weight is 238 g/mol. The lowest BCUT2D eigenvalue weighted by molar-refractivity contribution is 0.000166. The number of hydrogen-bond acceptors (Lipinski definition) is 3. The van der Waals surface area contributed by atoms with Crippen LogP contribution >= 0.6 is 0 Å². The van der Waals surface area contributed by atoms with Crippen molar-refractivity contribution in [1.29, 1.82) is 0 Å². The molecule has 0 spiro atoms. The summed E-state index contributed by atoms with van der Waals surface area (Å²) in [7, 11) is 3.40. The van der Waals surface area contributed by atoms with Crippen molar-refractivity contribution < 1.29 is 14.6 Å². The zero-order chi connectivity index (χ0) is 12.4. The number of nitrogens with zero attached hydrogens (tertiary/aromatic N) is 1. The van der Waals surface area contributed by atoms with E-state index in [0.717, 1.165) is 12.8 Å². The summed E-state index contributed by atoms with van der Waals surface area (Å²) < 4.78 is 6.90. The summed E-state index contributed by atoms with van der Waals surface area (Å²) in [5.41, 5.74) is 0.595. The van der Waals surface area contributed by atoms with Crippen LogP contribution in [-0.2, 0) is 11.8 Å². The molecule has 17 heavy (non-hydrogen) atoms. The van der Waals surface area contributed by atoms with Crippen LogP contribution in [0, 0.1) is 0 Å². The molecule has 0 bridgehead atoms. The van der Waals surface area contributed by atoms with Crippen molar-refractivity contribution in [1.82, 2.24) is 9.88 Å². The van der Waals surface area contributed by atoms with Crippen LogP contribution in [0.15, 0.2) is 18.3 Å². The van der Waals surface area contributed by atoms with Crippen molar-refractivity contribution in [2.45, 2.75) is 31.1 Å². The minimum absolute atomic E-state index is 0.154. The molecule has 5 nitrogen and oxygen atoms in total. The summed E-state index contributed by atoms with van der Waals surface area (Å²) >= 11 is 0. The first-order chi connectivity index (χ1) is 8.13. The van der Waals surface area contributed by atoms with Crippen molar-refractivity contribution in [3.8, 4) is 0 Å². The van der Waals surface area contributed by atoms with Gasteiger partial charge in [-0.3, -0.25) is 4.79 Å². The van der Waals surface area contributed by atoms with E-state index in [1.807, 2.05) is 19.3 Å². The van der Waals surface area contributed by atoms with Crippen LogP contribution < -0.4 is 5.32 Å². The number of aromatic nitrogens is 1. The lowest BCUT2D eigenvalue weighted by Gasteiger charge is -2.19. The molecule has 1 aliphatic rings. The number of aliphatic hydroxyl groups is 1. The number of carbonyl (C=O) groups is 1. The molecule has 0 aromatic carbocycles. The number of rotatable bonds is 3. The molecule has 1 amide bonds. The van der Waals surface area contributed by atoms with E-state index < -0.39 is 6.10 Å².